The number of hydrogen-bond acceptors (Lipinski definition) is 7. The molecule has 2 unspecified atom stereocenters. The average Bonchev–Trinajstić information content (AvgIpc) is 3.69. The minimum atomic E-state index is -4.26. The van der Waals surface area contributed by atoms with Crippen LogP contribution in [0.15, 0.2) is 93.5 Å². The third kappa shape index (κ3) is 8.34. The predicted molar refractivity (Wildman–Crippen MR) is 158 cm³/mol. The lowest BCUT2D eigenvalue weighted by atomic mass is 10.1. The molecule has 1 aliphatic heterocycles. The molecule has 2 atom stereocenters. The molecule has 40 heavy (non-hydrogen) atoms. The minimum Gasteiger partial charge on any atom is -0.484 e. The Bertz CT molecular complexity index is 1340. The van der Waals surface area contributed by atoms with Crippen molar-refractivity contribution in [1.29, 1.82) is 0 Å². The Labute approximate surface area is 245 Å². The first kappa shape index (κ1) is 31.7. The second-order valence-electron chi connectivity index (χ2n) is 9.29. The highest BCUT2D eigenvalue weighted by Crippen LogP contribution is 2.50. The molecule has 0 bridgehead atoms. The molecule has 0 aromatic heterocycles. The number of aliphatic carboxylic acids is 1. The van der Waals surface area contributed by atoms with E-state index in [-0.39, 0.29) is 28.9 Å². The van der Waals surface area contributed by atoms with Crippen LogP contribution in [-0.4, -0.2) is 68.7 Å². The van der Waals surface area contributed by atoms with Crippen molar-refractivity contribution in [2.75, 3.05) is 32.9 Å². The number of amides is 1. The zero-order valence-corrected chi connectivity index (χ0v) is 24.6. The summed E-state index contributed by atoms with van der Waals surface area (Å²) < 4.78 is 39.1. The van der Waals surface area contributed by atoms with Crippen LogP contribution >= 0.6 is 24.2 Å². The van der Waals surface area contributed by atoms with Gasteiger partial charge in [-0.25, -0.2) is 8.42 Å². The van der Waals surface area contributed by atoms with E-state index in [4.69, 9.17) is 21.1 Å². The van der Waals surface area contributed by atoms with Crippen LogP contribution in [-0.2, 0) is 29.1 Å². The zero-order chi connectivity index (χ0) is 29.3. The van der Waals surface area contributed by atoms with E-state index in [0.717, 1.165) is 5.57 Å². The first-order valence-corrected chi connectivity index (χ1v) is 14.9. The molecule has 3 aliphatic rings. The maximum Gasteiger partial charge on any atom is 0.325 e. The van der Waals surface area contributed by atoms with Crippen LogP contribution in [0.1, 0.15) is 19.8 Å². The first-order chi connectivity index (χ1) is 19.0. The van der Waals surface area contributed by atoms with Gasteiger partial charge in [0.05, 0.1) is 13.2 Å². The van der Waals surface area contributed by atoms with Gasteiger partial charge < -0.3 is 19.5 Å². The molecule has 0 aromatic carbocycles. The number of hydrogen-bond donors (Lipinski definition) is 3. The van der Waals surface area contributed by atoms with Crippen molar-refractivity contribution in [1.82, 2.24) is 9.62 Å². The highest BCUT2D eigenvalue weighted by molar-refractivity contribution is 8.09. The van der Waals surface area contributed by atoms with Crippen LogP contribution in [0.25, 0.3) is 0 Å². The Morgan fingerprint density at radius 2 is 2.02 bits per heavy atom. The Morgan fingerprint density at radius 3 is 2.70 bits per heavy atom. The molecule has 0 radical (unpaired) electrons. The molecule has 1 heterocycles. The van der Waals surface area contributed by atoms with Crippen molar-refractivity contribution in [3.05, 3.63) is 93.5 Å². The van der Waals surface area contributed by atoms with Gasteiger partial charge >= 0.3 is 5.97 Å². The third-order valence-electron chi connectivity index (χ3n) is 6.57. The fourth-order valence-electron chi connectivity index (χ4n) is 4.21. The molecule has 1 amide bonds. The van der Waals surface area contributed by atoms with Crippen LogP contribution in [0.5, 0.6) is 0 Å². The molecule has 3 rings (SSSR count). The van der Waals surface area contributed by atoms with Crippen molar-refractivity contribution >= 4 is 46.1 Å². The van der Waals surface area contributed by atoms with Gasteiger partial charge in [0.2, 0.25) is 10.0 Å². The van der Waals surface area contributed by atoms with Gasteiger partial charge in [-0.1, -0.05) is 60.7 Å². The van der Waals surface area contributed by atoms with Gasteiger partial charge in [-0.15, -0.1) is 12.6 Å². The van der Waals surface area contributed by atoms with Gasteiger partial charge in [0.1, 0.15) is 15.5 Å². The number of sulfonamides is 1. The average molecular weight is 609 g/mol. The highest BCUT2D eigenvalue weighted by atomic mass is 35.5. The molecule has 1 saturated carbocycles. The van der Waals surface area contributed by atoms with E-state index in [9.17, 15) is 23.1 Å². The molecule has 2 N–H and O–H groups in total. The minimum absolute atomic E-state index is 0.00192. The second-order valence-corrected chi connectivity index (χ2v) is 12.2. The number of nitrogens with one attached hydrogen (secondary N) is 1. The maximum absolute atomic E-state index is 13.0. The Morgan fingerprint density at radius 1 is 1.30 bits per heavy atom. The number of halogens is 1. The van der Waals surface area contributed by atoms with E-state index in [1.165, 1.54) is 18.2 Å². The lowest BCUT2D eigenvalue weighted by Gasteiger charge is -2.27. The largest absolute Gasteiger partial charge is 0.484 e. The van der Waals surface area contributed by atoms with E-state index in [0.29, 0.717) is 43.3 Å². The first-order valence-electron chi connectivity index (χ1n) is 12.6. The summed E-state index contributed by atoms with van der Waals surface area (Å²) in [6, 6.07) is 0. The van der Waals surface area contributed by atoms with Crippen molar-refractivity contribution < 1.29 is 32.6 Å². The van der Waals surface area contributed by atoms with E-state index in [1.807, 2.05) is 12.2 Å². The summed E-state index contributed by atoms with van der Waals surface area (Å²) in [7, 11) is -4.26. The summed E-state index contributed by atoms with van der Waals surface area (Å²) in [5, 5.41) is 10.6. The monoisotopic (exact) mass is 608 g/mol. The molecular weight excluding hydrogens is 576 g/mol. The number of nitrogens with zero attached hydrogens (tertiary/aromatic N) is 1. The Kier molecular flexibility index (Phi) is 11.2. The molecule has 1 saturated heterocycles. The lowest BCUT2D eigenvalue weighted by Crippen LogP contribution is -2.45. The normalized spacial score (nSPS) is 24.3. The molecular formula is C28H33ClN2O7S2. The van der Waals surface area contributed by atoms with Gasteiger partial charge in [-0.2, -0.15) is 4.72 Å². The highest BCUT2D eigenvalue weighted by Gasteiger charge is 2.64. The number of carbonyl (C=O) groups excluding carboxylic acids is 1. The summed E-state index contributed by atoms with van der Waals surface area (Å²) in [6.07, 6.45) is 17.1. The lowest BCUT2D eigenvalue weighted by molar-refractivity contribution is -0.140. The van der Waals surface area contributed by atoms with Gasteiger partial charge in [0.15, 0.2) is 6.61 Å². The maximum atomic E-state index is 13.0. The van der Waals surface area contributed by atoms with Crippen molar-refractivity contribution in [2.24, 2.45) is 5.92 Å². The standard InChI is InChI=1S/C28H33ClN2O7S2/c1-3-4-10-24(38-19-25(32)31-14-16-37-17-15-31)20(2)23-18-28(23,27(33)34)30-40(35,36)26(39)11-6-8-21-7-5-9-22(29)13-12-21/h3-4,6-13,23,30,39H,1,5,14-19H2,2H3,(H,33,34)/b8-6+,10-4-,24-20-,26-11+. The molecule has 0 spiro atoms. The van der Waals surface area contributed by atoms with Crippen LogP contribution in [0.2, 0.25) is 0 Å². The fourth-order valence-corrected chi connectivity index (χ4v) is 5.74. The number of carbonyl (C=O) groups is 2. The van der Waals surface area contributed by atoms with E-state index in [2.05, 4.69) is 23.9 Å². The number of carboxylic acid groups (broad SMARTS) is 1. The van der Waals surface area contributed by atoms with Crippen LogP contribution in [0, 0.1) is 5.92 Å². The number of carboxylic acids is 1. The van der Waals surface area contributed by atoms with Crippen molar-refractivity contribution in [3.8, 4) is 0 Å². The summed E-state index contributed by atoms with van der Waals surface area (Å²) in [4.78, 5) is 26.5. The van der Waals surface area contributed by atoms with Crippen LogP contribution in [0.3, 0.4) is 0 Å². The Balaban J connectivity index is 1.75. The summed E-state index contributed by atoms with van der Waals surface area (Å²) >= 11 is 10.1. The van der Waals surface area contributed by atoms with Crippen LogP contribution in [0.4, 0.5) is 0 Å². The molecule has 0 aromatic rings. The predicted octanol–water partition coefficient (Wildman–Crippen LogP) is 3.98. The third-order valence-corrected chi connectivity index (χ3v) is 9.04. The fraction of sp³-hybridized carbons (Fsp3) is 0.357. The van der Waals surface area contributed by atoms with Gasteiger partial charge in [-0.05, 0) is 49.1 Å². The molecule has 216 valence electrons. The van der Waals surface area contributed by atoms with Gasteiger partial charge in [0, 0.05) is 24.0 Å². The van der Waals surface area contributed by atoms with Crippen molar-refractivity contribution in [3.63, 3.8) is 0 Å². The second kappa shape index (κ2) is 14.2. The number of allylic oxidation sites excluding steroid dienone is 12. The summed E-state index contributed by atoms with van der Waals surface area (Å²) in [5.41, 5.74) is -0.470. The van der Waals surface area contributed by atoms with E-state index < -0.39 is 27.4 Å². The molecule has 2 fully saturated rings. The van der Waals surface area contributed by atoms with E-state index >= 15 is 0 Å². The Hall–Kier alpha value is -2.83. The quantitative estimate of drug-likeness (QED) is 0.174. The number of ether oxygens (including phenoxy) is 2. The van der Waals surface area contributed by atoms with Gasteiger partial charge in [0.25, 0.3) is 5.91 Å². The number of thiol groups is 1. The molecule has 9 nitrogen and oxygen atoms in total. The molecule has 2 aliphatic carbocycles. The zero-order valence-electron chi connectivity index (χ0n) is 22.1. The molecule has 12 heteroatoms. The van der Waals surface area contributed by atoms with Crippen molar-refractivity contribution in [2.45, 2.75) is 25.3 Å². The SMILES string of the molecule is C=C/C=C\C(OCC(=O)N1CCOCC1)=C(/C)C1CC1(NS(=O)(=O)/C(S)=C/C=C/C1=CCC=C(Cl)C=C1)C(=O)O. The van der Waals surface area contributed by atoms with Gasteiger partial charge in [-0.3, -0.25) is 9.59 Å². The smallest absolute Gasteiger partial charge is 0.325 e. The summed E-state index contributed by atoms with van der Waals surface area (Å²) in [6.45, 7) is 6.86. The van der Waals surface area contributed by atoms with E-state index in [1.54, 1.807) is 42.2 Å². The van der Waals surface area contributed by atoms with Crippen LogP contribution < -0.4 is 4.72 Å². The number of morpholine rings is 1. The topological polar surface area (TPSA) is 122 Å². The summed E-state index contributed by atoms with van der Waals surface area (Å²) in [5.74, 6) is -1.99. The number of rotatable bonds is 12.